The molecule has 0 aliphatic rings. The van der Waals surface area contributed by atoms with E-state index in [0.29, 0.717) is 0 Å². The van der Waals surface area contributed by atoms with Crippen molar-refractivity contribution >= 4 is 0 Å². The summed E-state index contributed by atoms with van der Waals surface area (Å²) in [4.78, 5) is 4.41. The fraction of sp³-hybridized carbons (Fsp3) is 0.438. The highest BCUT2D eigenvalue weighted by Gasteiger charge is 2.08. The molecule has 0 unspecified atom stereocenters. The molecule has 0 aliphatic carbocycles. The lowest BCUT2D eigenvalue weighted by molar-refractivity contribution is 0.671. The first-order chi connectivity index (χ1) is 9.26. The lowest BCUT2D eigenvalue weighted by Crippen LogP contribution is -2.16. The third-order valence-corrected chi connectivity index (χ3v) is 3.27. The summed E-state index contributed by atoms with van der Waals surface area (Å²) in [5, 5.41) is 3.48. The van der Waals surface area contributed by atoms with Gasteiger partial charge in [0.25, 0.3) is 0 Å². The Morgan fingerprint density at radius 2 is 2.11 bits per heavy atom. The highest BCUT2D eigenvalue weighted by Crippen LogP contribution is 2.18. The molecule has 3 heteroatoms. The first-order valence-electron chi connectivity index (χ1n) is 7.09. The summed E-state index contributed by atoms with van der Waals surface area (Å²) >= 11 is 0. The molecule has 0 fully saturated rings. The smallest absolute Gasteiger partial charge is 0.112 e. The predicted molar refractivity (Wildman–Crippen MR) is 79.7 cm³/mol. The second kappa shape index (κ2) is 6.53. The molecule has 0 aliphatic heterocycles. The number of aryl methyl sites for hydroxylation is 2. The summed E-state index contributed by atoms with van der Waals surface area (Å²) in [6, 6.07) is 6.62. The fourth-order valence-electron chi connectivity index (χ4n) is 2.31. The van der Waals surface area contributed by atoms with E-state index in [-0.39, 0.29) is 0 Å². The van der Waals surface area contributed by atoms with Gasteiger partial charge >= 0.3 is 0 Å². The summed E-state index contributed by atoms with van der Waals surface area (Å²) in [6.07, 6.45) is 6.03. The lowest BCUT2D eigenvalue weighted by atomic mass is 10.1. The molecule has 0 saturated carbocycles. The van der Waals surface area contributed by atoms with E-state index in [9.17, 15) is 0 Å². The van der Waals surface area contributed by atoms with Gasteiger partial charge in [0.15, 0.2) is 0 Å². The van der Waals surface area contributed by atoms with Gasteiger partial charge in [-0.05, 0) is 31.5 Å². The molecule has 0 saturated heterocycles. The van der Waals surface area contributed by atoms with E-state index in [0.717, 1.165) is 31.8 Å². The molecule has 0 amide bonds. The monoisotopic (exact) mass is 257 g/mol. The van der Waals surface area contributed by atoms with E-state index in [2.05, 4.69) is 53.8 Å². The Labute approximate surface area is 115 Å². The van der Waals surface area contributed by atoms with E-state index in [4.69, 9.17) is 0 Å². The maximum atomic E-state index is 4.41. The van der Waals surface area contributed by atoms with E-state index in [1.54, 1.807) is 0 Å². The van der Waals surface area contributed by atoms with Gasteiger partial charge in [-0.3, -0.25) is 0 Å². The number of aromatic nitrogens is 2. The van der Waals surface area contributed by atoms with Crippen molar-refractivity contribution in [1.82, 2.24) is 14.9 Å². The van der Waals surface area contributed by atoms with E-state index in [1.807, 2.05) is 12.4 Å². The van der Waals surface area contributed by atoms with E-state index >= 15 is 0 Å². The summed E-state index contributed by atoms with van der Waals surface area (Å²) in [6.45, 7) is 8.43. The molecule has 102 valence electrons. The summed E-state index contributed by atoms with van der Waals surface area (Å²) in [5.74, 6) is 1.11. The molecule has 1 heterocycles. The highest BCUT2D eigenvalue weighted by molar-refractivity contribution is 5.44. The van der Waals surface area contributed by atoms with E-state index in [1.165, 1.54) is 16.8 Å². The molecule has 0 bridgehead atoms. The number of imidazole rings is 1. The molecule has 1 aromatic carbocycles. The zero-order valence-corrected chi connectivity index (χ0v) is 12.1. The van der Waals surface area contributed by atoms with Gasteiger partial charge in [0.2, 0.25) is 0 Å². The van der Waals surface area contributed by atoms with Crippen LogP contribution in [0, 0.1) is 6.92 Å². The molecular weight excluding hydrogens is 234 g/mol. The molecule has 2 aromatic rings. The van der Waals surface area contributed by atoms with Gasteiger partial charge in [-0.2, -0.15) is 0 Å². The molecule has 19 heavy (non-hydrogen) atoms. The summed E-state index contributed by atoms with van der Waals surface area (Å²) < 4.78 is 2.20. The van der Waals surface area contributed by atoms with Crippen molar-refractivity contribution in [2.24, 2.45) is 0 Å². The molecule has 0 atom stereocenters. The Morgan fingerprint density at radius 3 is 2.84 bits per heavy atom. The van der Waals surface area contributed by atoms with Crippen molar-refractivity contribution in [2.45, 2.75) is 40.2 Å². The quantitative estimate of drug-likeness (QED) is 0.805. The van der Waals surface area contributed by atoms with Crippen molar-refractivity contribution < 1.29 is 0 Å². The predicted octanol–water partition coefficient (Wildman–Crippen LogP) is 3.24. The van der Waals surface area contributed by atoms with Crippen LogP contribution < -0.4 is 5.32 Å². The van der Waals surface area contributed by atoms with Crippen LogP contribution in [0.5, 0.6) is 0 Å². The van der Waals surface area contributed by atoms with Crippen molar-refractivity contribution in [3.63, 3.8) is 0 Å². The fourth-order valence-corrected chi connectivity index (χ4v) is 2.31. The molecule has 1 N–H and O–H groups in total. The second-order valence-electron chi connectivity index (χ2n) is 4.88. The highest BCUT2D eigenvalue weighted by atomic mass is 15.1. The number of hydrogen-bond donors (Lipinski definition) is 1. The average molecular weight is 257 g/mol. The number of nitrogens with one attached hydrogen (secondary N) is 1. The SMILES string of the molecule is CCCNCc1cc(C)ccc1-n1ccnc1CC. The molecule has 0 radical (unpaired) electrons. The van der Waals surface area contributed by atoms with Crippen LogP contribution >= 0.6 is 0 Å². The van der Waals surface area contributed by atoms with Gasteiger partial charge in [-0.15, -0.1) is 0 Å². The van der Waals surface area contributed by atoms with Gasteiger partial charge in [0.1, 0.15) is 5.82 Å². The van der Waals surface area contributed by atoms with Gasteiger partial charge in [-0.25, -0.2) is 4.98 Å². The Hall–Kier alpha value is -1.61. The maximum Gasteiger partial charge on any atom is 0.112 e. The second-order valence-corrected chi connectivity index (χ2v) is 4.88. The van der Waals surface area contributed by atoms with Gasteiger partial charge < -0.3 is 9.88 Å². The minimum absolute atomic E-state index is 0.909. The minimum Gasteiger partial charge on any atom is -0.313 e. The van der Waals surface area contributed by atoms with E-state index < -0.39 is 0 Å². The van der Waals surface area contributed by atoms with Crippen LogP contribution in [0.25, 0.3) is 5.69 Å². The zero-order valence-electron chi connectivity index (χ0n) is 12.1. The maximum absolute atomic E-state index is 4.41. The van der Waals surface area contributed by atoms with Crippen LogP contribution in [-0.2, 0) is 13.0 Å². The largest absolute Gasteiger partial charge is 0.313 e. The Kier molecular flexibility index (Phi) is 4.74. The first-order valence-corrected chi connectivity index (χ1v) is 7.09. The van der Waals surface area contributed by atoms with Crippen molar-refractivity contribution in [3.8, 4) is 5.69 Å². The van der Waals surface area contributed by atoms with Crippen LogP contribution in [0.3, 0.4) is 0 Å². The third-order valence-electron chi connectivity index (χ3n) is 3.27. The number of benzene rings is 1. The first kappa shape index (κ1) is 13.8. The number of nitrogens with zero attached hydrogens (tertiary/aromatic N) is 2. The molecule has 0 spiro atoms. The van der Waals surface area contributed by atoms with Crippen LogP contribution in [0.2, 0.25) is 0 Å². The average Bonchev–Trinajstić information content (AvgIpc) is 2.87. The van der Waals surface area contributed by atoms with Crippen LogP contribution in [0.4, 0.5) is 0 Å². The Bertz CT molecular complexity index is 529. The molecule has 2 rings (SSSR count). The molecule has 3 nitrogen and oxygen atoms in total. The van der Waals surface area contributed by atoms with Gasteiger partial charge in [0.05, 0.1) is 5.69 Å². The molecule has 1 aromatic heterocycles. The Morgan fingerprint density at radius 1 is 1.26 bits per heavy atom. The lowest BCUT2D eigenvalue weighted by Gasteiger charge is -2.14. The Balaban J connectivity index is 2.33. The number of hydrogen-bond acceptors (Lipinski definition) is 2. The van der Waals surface area contributed by atoms with Gasteiger partial charge in [0, 0.05) is 25.4 Å². The summed E-state index contributed by atoms with van der Waals surface area (Å²) in [5.41, 5.74) is 3.87. The van der Waals surface area contributed by atoms with Crippen molar-refractivity contribution in [1.29, 1.82) is 0 Å². The van der Waals surface area contributed by atoms with Gasteiger partial charge in [-0.1, -0.05) is 31.5 Å². The van der Waals surface area contributed by atoms with Crippen molar-refractivity contribution in [2.75, 3.05) is 6.54 Å². The van der Waals surface area contributed by atoms with Crippen LogP contribution in [-0.4, -0.2) is 16.1 Å². The number of rotatable bonds is 6. The van der Waals surface area contributed by atoms with Crippen molar-refractivity contribution in [3.05, 3.63) is 47.5 Å². The minimum atomic E-state index is 0.909. The zero-order chi connectivity index (χ0) is 13.7. The van der Waals surface area contributed by atoms with Crippen LogP contribution in [0.15, 0.2) is 30.6 Å². The molecular formula is C16H23N3. The van der Waals surface area contributed by atoms with Crippen LogP contribution in [0.1, 0.15) is 37.2 Å². The third kappa shape index (κ3) is 3.24. The summed E-state index contributed by atoms with van der Waals surface area (Å²) in [7, 11) is 0. The topological polar surface area (TPSA) is 29.9 Å². The normalized spacial score (nSPS) is 10.9. The standard InChI is InChI=1S/C16H23N3/c1-4-8-17-12-14-11-13(3)6-7-15(14)19-10-9-18-16(19)5-2/h6-7,9-11,17H,4-5,8,12H2,1-3H3.